The molecule has 0 bridgehead atoms. The molecule has 0 spiro atoms. The average Bonchev–Trinajstić information content (AvgIpc) is 3.43. The molecule has 0 radical (unpaired) electrons. The van der Waals surface area contributed by atoms with Crippen molar-refractivity contribution in [2.24, 2.45) is 4.99 Å². The van der Waals surface area contributed by atoms with Crippen LogP contribution in [0, 0.1) is 0 Å². The highest BCUT2D eigenvalue weighted by molar-refractivity contribution is 7.07. The number of anilines is 1. The zero-order valence-electron chi connectivity index (χ0n) is 21.2. The van der Waals surface area contributed by atoms with Gasteiger partial charge in [-0.05, 0) is 51.6 Å². The Balaban J connectivity index is 1.58. The summed E-state index contributed by atoms with van der Waals surface area (Å²) in [6, 6.07) is 10.3. The fourth-order valence-corrected chi connectivity index (χ4v) is 5.72. The van der Waals surface area contributed by atoms with Crippen molar-refractivity contribution in [3.63, 3.8) is 0 Å². The molecule has 37 heavy (non-hydrogen) atoms. The van der Waals surface area contributed by atoms with Crippen molar-refractivity contribution >= 4 is 40.9 Å². The van der Waals surface area contributed by atoms with E-state index in [0.29, 0.717) is 31.4 Å². The largest absolute Gasteiger partial charge is 0.459 e. The first-order chi connectivity index (χ1) is 17.7. The number of furan rings is 1. The van der Waals surface area contributed by atoms with Crippen molar-refractivity contribution in [3.8, 4) is 0 Å². The maximum atomic E-state index is 13.7. The molecule has 2 aliphatic rings. The molecular weight excluding hydrogens is 512 g/mol. The van der Waals surface area contributed by atoms with Crippen LogP contribution < -0.4 is 19.8 Å². The van der Waals surface area contributed by atoms with Crippen molar-refractivity contribution in [2.45, 2.75) is 32.9 Å². The lowest BCUT2D eigenvalue weighted by molar-refractivity contribution is -0.143. The Morgan fingerprint density at radius 3 is 2.54 bits per heavy atom. The summed E-state index contributed by atoms with van der Waals surface area (Å²) in [5.74, 6) is 0.895. The fourth-order valence-electron chi connectivity index (χ4n) is 4.57. The quantitative estimate of drug-likeness (QED) is 0.462. The molecule has 2 aliphatic heterocycles. The first-order valence-corrected chi connectivity index (χ1v) is 13.4. The van der Waals surface area contributed by atoms with Crippen molar-refractivity contribution in [1.82, 2.24) is 9.47 Å². The summed E-state index contributed by atoms with van der Waals surface area (Å²) in [7, 11) is 2.11. The Morgan fingerprint density at radius 2 is 1.86 bits per heavy atom. The third-order valence-corrected chi connectivity index (χ3v) is 7.71. The van der Waals surface area contributed by atoms with Crippen LogP contribution in [0.2, 0.25) is 5.02 Å². The number of piperazine rings is 1. The van der Waals surface area contributed by atoms with Gasteiger partial charge in [0.2, 0.25) is 0 Å². The molecule has 0 N–H and O–H groups in total. The molecule has 194 valence electrons. The predicted octanol–water partition coefficient (Wildman–Crippen LogP) is 3.19. The van der Waals surface area contributed by atoms with Gasteiger partial charge in [-0.1, -0.05) is 35.1 Å². The van der Waals surface area contributed by atoms with Crippen molar-refractivity contribution < 1.29 is 13.9 Å². The normalized spacial score (nSPS) is 18.8. The van der Waals surface area contributed by atoms with E-state index in [1.54, 1.807) is 43.5 Å². The summed E-state index contributed by atoms with van der Waals surface area (Å²) < 4.78 is 13.7. The van der Waals surface area contributed by atoms with Crippen LogP contribution in [0.15, 0.2) is 61.9 Å². The summed E-state index contributed by atoms with van der Waals surface area (Å²) in [5.41, 5.74) is 1.36. The van der Waals surface area contributed by atoms with Crippen molar-refractivity contribution in [2.75, 3.05) is 38.1 Å². The van der Waals surface area contributed by atoms with Crippen LogP contribution in [-0.2, 0) is 9.53 Å². The Morgan fingerprint density at radius 1 is 1.16 bits per heavy atom. The summed E-state index contributed by atoms with van der Waals surface area (Å²) in [5, 5.41) is 0.567. The molecule has 1 aromatic carbocycles. The maximum absolute atomic E-state index is 13.7. The number of allylic oxidation sites excluding steroid dienone is 1. The smallest absolute Gasteiger partial charge is 0.338 e. The Kier molecular flexibility index (Phi) is 7.11. The molecule has 1 atom stereocenters. The fraction of sp³-hybridized carbons (Fsp3) is 0.370. The van der Waals surface area contributed by atoms with Crippen LogP contribution in [0.1, 0.15) is 38.1 Å². The van der Waals surface area contributed by atoms with E-state index >= 15 is 0 Å². The SMILES string of the molecule is CC1=C(C(=O)OC(C)C)C(c2ccc(Cl)cc2)n2c(s/c(=C/c3ccc(N4CCN(C)CC4)o3)c2=O)=N1. The minimum absolute atomic E-state index is 0.247. The van der Waals surface area contributed by atoms with Gasteiger partial charge in [0.1, 0.15) is 5.76 Å². The van der Waals surface area contributed by atoms with Gasteiger partial charge in [-0.25, -0.2) is 9.79 Å². The minimum atomic E-state index is -0.681. The van der Waals surface area contributed by atoms with E-state index in [0.717, 1.165) is 37.6 Å². The zero-order valence-corrected chi connectivity index (χ0v) is 22.8. The molecule has 2 aromatic heterocycles. The summed E-state index contributed by atoms with van der Waals surface area (Å²) in [6.07, 6.45) is 1.44. The number of hydrogen-bond acceptors (Lipinski definition) is 8. The Labute approximate surface area is 223 Å². The predicted molar refractivity (Wildman–Crippen MR) is 145 cm³/mol. The first kappa shape index (κ1) is 25.5. The van der Waals surface area contributed by atoms with Gasteiger partial charge in [0.25, 0.3) is 5.56 Å². The summed E-state index contributed by atoms with van der Waals surface area (Å²) in [6.45, 7) is 9.08. The van der Waals surface area contributed by atoms with Crippen LogP contribution in [0.5, 0.6) is 0 Å². The van der Waals surface area contributed by atoms with Gasteiger partial charge in [-0.3, -0.25) is 9.36 Å². The number of hydrogen-bond donors (Lipinski definition) is 0. The van der Waals surface area contributed by atoms with E-state index < -0.39 is 12.0 Å². The van der Waals surface area contributed by atoms with E-state index in [-0.39, 0.29) is 11.7 Å². The molecule has 4 heterocycles. The Bertz CT molecular complexity index is 1530. The van der Waals surface area contributed by atoms with Crippen LogP contribution >= 0.6 is 22.9 Å². The molecule has 0 saturated carbocycles. The second-order valence-corrected chi connectivity index (χ2v) is 11.0. The number of rotatable bonds is 5. The van der Waals surface area contributed by atoms with E-state index in [9.17, 15) is 9.59 Å². The number of benzene rings is 1. The molecule has 0 aliphatic carbocycles. The Hall–Kier alpha value is -3.14. The van der Waals surface area contributed by atoms with E-state index in [4.69, 9.17) is 20.8 Å². The number of likely N-dealkylation sites (N-methyl/N-ethyl adjacent to an activating group) is 1. The van der Waals surface area contributed by atoms with Crippen LogP contribution in [0.3, 0.4) is 0 Å². The number of carbonyl (C=O) groups excluding carboxylic acids is 1. The van der Waals surface area contributed by atoms with E-state index in [1.165, 1.54) is 11.3 Å². The summed E-state index contributed by atoms with van der Waals surface area (Å²) >= 11 is 7.40. The lowest BCUT2D eigenvalue weighted by atomic mass is 9.96. The van der Waals surface area contributed by atoms with Crippen LogP contribution in [-0.4, -0.2) is 54.8 Å². The number of ether oxygens (including phenoxy) is 1. The molecule has 1 fully saturated rings. The molecule has 10 heteroatoms. The van der Waals surface area contributed by atoms with Crippen molar-refractivity contribution in [3.05, 3.63) is 83.7 Å². The number of fused-ring (bicyclic) bond motifs is 1. The maximum Gasteiger partial charge on any atom is 0.338 e. The number of aromatic nitrogens is 1. The van der Waals surface area contributed by atoms with Crippen molar-refractivity contribution in [1.29, 1.82) is 0 Å². The van der Waals surface area contributed by atoms with Crippen LogP contribution in [0.4, 0.5) is 5.88 Å². The van der Waals surface area contributed by atoms with Gasteiger partial charge >= 0.3 is 5.97 Å². The monoisotopic (exact) mass is 540 g/mol. The number of esters is 1. The number of carbonyl (C=O) groups is 1. The summed E-state index contributed by atoms with van der Waals surface area (Å²) in [4.78, 5) is 36.5. The highest BCUT2D eigenvalue weighted by Crippen LogP contribution is 2.31. The first-order valence-electron chi connectivity index (χ1n) is 12.2. The number of halogens is 1. The lowest BCUT2D eigenvalue weighted by Gasteiger charge is -2.32. The second-order valence-electron chi connectivity index (χ2n) is 9.55. The standard InChI is InChI=1S/C27H29ClN4O4S/c1-16(2)35-26(34)23-17(3)29-27-32(24(23)18-5-7-19(28)8-6-18)25(33)21(37-27)15-20-9-10-22(36-20)31-13-11-30(4)12-14-31/h5-10,15-16,24H,11-14H2,1-4H3/b21-15+. The molecule has 1 saturated heterocycles. The molecule has 3 aromatic rings. The topological polar surface area (TPSA) is 80.3 Å². The highest BCUT2D eigenvalue weighted by Gasteiger charge is 2.33. The molecule has 1 unspecified atom stereocenters. The third kappa shape index (κ3) is 5.16. The third-order valence-electron chi connectivity index (χ3n) is 6.47. The molecule has 8 nitrogen and oxygen atoms in total. The van der Waals surface area contributed by atoms with Gasteiger partial charge in [0.15, 0.2) is 10.7 Å². The number of nitrogens with zero attached hydrogens (tertiary/aromatic N) is 4. The lowest BCUT2D eigenvalue weighted by Crippen LogP contribution is -2.44. The van der Waals surface area contributed by atoms with E-state index in [1.807, 2.05) is 24.3 Å². The highest BCUT2D eigenvalue weighted by atomic mass is 35.5. The number of thiazole rings is 1. The van der Waals surface area contributed by atoms with Gasteiger partial charge in [-0.2, -0.15) is 0 Å². The second kappa shape index (κ2) is 10.3. The molecule has 0 amide bonds. The van der Waals surface area contributed by atoms with Gasteiger partial charge in [0, 0.05) is 43.3 Å². The van der Waals surface area contributed by atoms with E-state index in [2.05, 4.69) is 21.8 Å². The zero-order chi connectivity index (χ0) is 26.3. The molecule has 5 rings (SSSR count). The van der Waals surface area contributed by atoms with Crippen LogP contribution in [0.25, 0.3) is 6.08 Å². The average molecular weight is 541 g/mol. The minimum Gasteiger partial charge on any atom is -0.459 e. The molecular formula is C27H29ClN4O4S. The van der Waals surface area contributed by atoms with Gasteiger partial charge < -0.3 is 19.0 Å². The van der Waals surface area contributed by atoms with Gasteiger partial charge in [-0.15, -0.1) is 0 Å². The van der Waals surface area contributed by atoms with Gasteiger partial charge in [0.05, 0.1) is 27.9 Å².